The summed E-state index contributed by atoms with van der Waals surface area (Å²) in [5, 5.41) is 0. The molecule has 1 atom stereocenters. The van der Waals surface area contributed by atoms with Crippen LogP contribution in [-0.2, 0) is 4.74 Å². The van der Waals surface area contributed by atoms with Crippen LogP contribution in [0.5, 0.6) is 0 Å². The molecular weight excluding hydrogens is 330 g/mol. The third-order valence-corrected chi connectivity index (χ3v) is 5.17. The van der Waals surface area contributed by atoms with E-state index in [0.29, 0.717) is 0 Å². The summed E-state index contributed by atoms with van der Waals surface area (Å²) in [6.45, 7) is 0. The average Bonchev–Trinajstić information content (AvgIpc) is 2.81. The minimum absolute atomic E-state index is 0.232. The molecule has 0 amide bonds. The number of methoxy groups -OCH3 is 1. The van der Waals surface area contributed by atoms with Gasteiger partial charge in [0.1, 0.15) is 0 Å². The SMILES string of the molecule is CO[C@H](CC=CBr)CSc1nc2ccccc2s1. The van der Waals surface area contributed by atoms with Crippen molar-refractivity contribution in [1.82, 2.24) is 4.98 Å². The molecule has 0 aliphatic heterocycles. The van der Waals surface area contributed by atoms with Gasteiger partial charge in [0, 0.05) is 12.9 Å². The summed E-state index contributed by atoms with van der Waals surface area (Å²) in [5.74, 6) is 0.924. The fourth-order valence-electron chi connectivity index (χ4n) is 1.51. The van der Waals surface area contributed by atoms with Gasteiger partial charge in [-0.3, -0.25) is 0 Å². The molecule has 0 saturated carbocycles. The van der Waals surface area contributed by atoms with E-state index < -0.39 is 0 Å². The van der Waals surface area contributed by atoms with Gasteiger partial charge in [0.25, 0.3) is 0 Å². The molecule has 0 saturated heterocycles. The van der Waals surface area contributed by atoms with Crippen molar-refractivity contribution in [2.75, 3.05) is 12.9 Å². The highest BCUT2D eigenvalue weighted by atomic mass is 79.9. The number of hydrogen-bond donors (Lipinski definition) is 0. The zero-order valence-corrected chi connectivity index (χ0v) is 13.2. The van der Waals surface area contributed by atoms with E-state index in [1.165, 1.54) is 4.70 Å². The second kappa shape index (κ2) is 7.28. The van der Waals surface area contributed by atoms with Crippen molar-refractivity contribution in [3.8, 4) is 0 Å². The van der Waals surface area contributed by atoms with Gasteiger partial charge in [-0.15, -0.1) is 11.3 Å². The van der Waals surface area contributed by atoms with Gasteiger partial charge in [0.2, 0.25) is 0 Å². The molecule has 96 valence electrons. The van der Waals surface area contributed by atoms with E-state index in [1.54, 1.807) is 30.2 Å². The van der Waals surface area contributed by atoms with Gasteiger partial charge in [0.15, 0.2) is 4.34 Å². The number of para-hydroxylation sites is 1. The second-order valence-corrected chi connectivity index (χ2v) is 6.54. The molecule has 0 N–H and O–H groups in total. The first kappa shape index (κ1) is 14.1. The van der Waals surface area contributed by atoms with Crippen molar-refractivity contribution >= 4 is 49.2 Å². The fraction of sp³-hybridized carbons (Fsp3) is 0.308. The van der Waals surface area contributed by atoms with Crippen LogP contribution in [0.25, 0.3) is 10.2 Å². The van der Waals surface area contributed by atoms with Crippen LogP contribution in [0.2, 0.25) is 0 Å². The third kappa shape index (κ3) is 3.82. The molecule has 2 aromatic rings. The van der Waals surface area contributed by atoms with Crippen molar-refractivity contribution in [2.24, 2.45) is 0 Å². The third-order valence-electron chi connectivity index (χ3n) is 2.49. The Balaban J connectivity index is 1.96. The van der Waals surface area contributed by atoms with E-state index in [1.807, 2.05) is 17.1 Å². The van der Waals surface area contributed by atoms with Crippen molar-refractivity contribution in [1.29, 1.82) is 0 Å². The molecule has 0 fully saturated rings. The number of fused-ring (bicyclic) bond motifs is 1. The number of rotatable bonds is 6. The van der Waals surface area contributed by atoms with Crippen LogP contribution in [-0.4, -0.2) is 24.0 Å². The average molecular weight is 344 g/mol. The van der Waals surface area contributed by atoms with E-state index in [0.717, 1.165) is 22.0 Å². The number of hydrogen-bond acceptors (Lipinski definition) is 4. The lowest BCUT2D eigenvalue weighted by molar-refractivity contribution is 0.125. The van der Waals surface area contributed by atoms with Crippen LogP contribution in [0.1, 0.15) is 6.42 Å². The number of thioether (sulfide) groups is 1. The highest BCUT2D eigenvalue weighted by molar-refractivity contribution is 9.11. The van der Waals surface area contributed by atoms with Gasteiger partial charge >= 0.3 is 0 Å². The Hall–Kier alpha value is -0.360. The molecule has 0 bridgehead atoms. The molecule has 0 aliphatic carbocycles. The first-order valence-electron chi connectivity index (χ1n) is 5.60. The highest BCUT2D eigenvalue weighted by Gasteiger charge is 2.09. The molecule has 0 aliphatic rings. The normalized spacial score (nSPS) is 13.4. The maximum atomic E-state index is 5.43. The summed E-state index contributed by atoms with van der Waals surface area (Å²) >= 11 is 6.78. The molecule has 2 rings (SSSR count). The van der Waals surface area contributed by atoms with Crippen molar-refractivity contribution in [2.45, 2.75) is 16.9 Å². The van der Waals surface area contributed by atoms with E-state index in [-0.39, 0.29) is 6.10 Å². The summed E-state index contributed by atoms with van der Waals surface area (Å²) in [5.41, 5.74) is 1.08. The number of benzene rings is 1. The lowest BCUT2D eigenvalue weighted by atomic mass is 10.3. The van der Waals surface area contributed by atoms with E-state index >= 15 is 0 Å². The Morgan fingerprint density at radius 2 is 2.33 bits per heavy atom. The molecule has 5 heteroatoms. The van der Waals surface area contributed by atoms with Gasteiger partial charge in [-0.2, -0.15) is 0 Å². The Labute approximate surface area is 124 Å². The van der Waals surface area contributed by atoms with Gasteiger partial charge in [-0.05, 0) is 23.5 Å². The lowest BCUT2D eigenvalue weighted by Crippen LogP contribution is -2.12. The maximum Gasteiger partial charge on any atom is 0.151 e. The minimum atomic E-state index is 0.232. The quantitative estimate of drug-likeness (QED) is 0.709. The molecule has 2 nitrogen and oxygen atoms in total. The van der Waals surface area contributed by atoms with Crippen LogP contribution >= 0.6 is 39.0 Å². The molecule has 18 heavy (non-hydrogen) atoms. The van der Waals surface area contributed by atoms with Crippen LogP contribution in [0, 0.1) is 0 Å². The standard InChI is InChI=1S/C13H14BrNOS2/c1-16-10(5-4-8-14)9-17-13-15-11-6-2-3-7-12(11)18-13/h2-4,6-8,10H,5,9H2,1H3/t10-/m1/s1. The summed E-state index contributed by atoms with van der Waals surface area (Å²) in [6.07, 6.45) is 3.21. The van der Waals surface area contributed by atoms with Crippen LogP contribution < -0.4 is 0 Å². The highest BCUT2D eigenvalue weighted by Crippen LogP contribution is 2.30. The van der Waals surface area contributed by atoms with Gasteiger partial charge in [-0.25, -0.2) is 4.98 Å². The second-order valence-electron chi connectivity index (χ2n) is 3.71. The van der Waals surface area contributed by atoms with Crippen molar-refractivity contribution in [3.05, 3.63) is 35.3 Å². The Morgan fingerprint density at radius 1 is 1.50 bits per heavy atom. The van der Waals surface area contributed by atoms with Crippen LogP contribution in [0.4, 0.5) is 0 Å². The van der Waals surface area contributed by atoms with Crippen molar-refractivity contribution in [3.63, 3.8) is 0 Å². The minimum Gasteiger partial charge on any atom is -0.380 e. The van der Waals surface area contributed by atoms with E-state index in [2.05, 4.69) is 39.1 Å². The van der Waals surface area contributed by atoms with Gasteiger partial charge in [0.05, 0.1) is 16.3 Å². The zero-order valence-electron chi connectivity index (χ0n) is 10.0. The first-order chi connectivity index (χ1) is 8.83. The van der Waals surface area contributed by atoms with E-state index in [4.69, 9.17) is 4.74 Å². The number of ether oxygens (including phenoxy) is 1. The van der Waals surface area contributed by atoms with Gasteiger partial charge < -0.3 is 4.74 Å². The smallest absolute Gasteiger partial charge is 0.151 e. The van der Waals surface area contributed by atoms with E-state index in [9.17, 15) is 0 Å². The number of thiazole rings is 1. The maximum absolute atomic E-state index is 5.43. The molecule has 1 aromatic carbocycles. The predicted octanol–water partition coefficient (Wildman–Crippen LogP) is 4.70. The Morgan fingerprint density at radius 3 is 3.06 bits per heavy atom. The van der Waals surface area contributed by atoms with Crippen LogP contribution in [0.15, 0.2) is 39.7 Å². The molecule has 1 heterocycles. The fourth-order valence-corrected chi connectivity index (χ4v) is 3.90. The Bertz CT molecular complexity index is 493. The zero-order chi connectivity index (χ0) is 12.8. The lowest BCUT2D eigenvalue weighted by Gasteiger charge is -2.11. The number of nitrogens with zero attached hydrogens (tertiary/aromatic N) is 1. The molecule has 0 radical (unpaired) electrons. The number of halogens is 1. The molecule has 0 spiro atoms. The summed E-state index contributed by atoms with van der Waals surface area (Å²) < 4.78 is 7.79. The first-order valence-corrected chi connectivity index (χ1v) is 8.31. The van der Waals surface area contributed by atoms with Crippen molar-refractivity contribution < 1.29 is 4.74 Å². The summed E-state index contributed by atoms with van der Waals surface area (Å²) in [7, 11) is 1.76. The van der Waals surface area contributed by atoms with Gasteiger partial charge in [-0.1, -0.05) is 45.9 Å². The number of aromatic nitrogens is 1. The monoisotopic (exact) mass is 343 g/mol. The largest absolute Gasteiger partial charge is 0.380 e. The summed E-state index contributed by atoms with van der Waals surface area (Å²) in [6, 6.07) is 8.23. The topological polar surface area (TPSA) is 22.1 Å². The van der Waals surface area contributed by atoms with Crippen LogP contribution in [0.3, 0.4) is 0 Å². The summed E-state index contributed by atoms with van der Waals surface area (Å²) in [4.78, 5) is 6.47. The predicted molar refractivity (Wildman–Crippen MR) is 83.8 cm³/mol. The molecule has 0 unspecified atom stereocenters. The molecular formula is C13H14BrNOS2. The Kier molecular flexibility index (Phi) is 5.69. The molecule has 1 aromatic heterocycles.